The average molecular weight is 214 g/mol. The van der Waals surface area contributed by atoms with Gasteiger partial charge in [-0.15, -0.1) is 0 Å². The molecule has 1 atom stereocenters. The lowest BCUT2D eigenvalue weighted by Gasteiger charge is -2.11. The fraction of sp³-hybridized carbons (Fsp3) is 0.231. The van der Waals surface area contributed by atoms with Crippen molar-refractivity contribution in [3.8, 4) is 0 Å². The number of rotatable bonds is 2. The minimum atomic E-state index is -0.679. The van der Waals surface area contributed by atoms with Gasteiger partial charge in [0, 0.05) is 6.20 Å². The summed E-state index contributed by atoms with van der Waals surface area (Å²) >= 11 is 0. The van der Waals surface area contributed by atoms with Crippen LogP contribution in [0, 0.1) is 13.8 Å². The van der Waals surface area contributed by atoms with E-state index < -0.39 is 6.10 Å². The molecule has 0 saturated heterocycles. The van der Waals surface area contributed by atoms with Crippen molar-refractivity contribution in [3.63, 3.8) is 0 Å². The number of aliphatic hydroxyl groups is 1. The zero-order chi connectivity index (χ0) is 11.5. The van der Waals surface area contributed by atoms with Gasteiger partial charge in [0.15, 0.2) is 0 Å². The van der Waals surface area contributed by atoms with Crippen molar-refractivity contribution in [1.29, 1.82) is 0 Å². The van der Waals surface area contributed by atoms with E-state index in [0.717, 1.165) is 11.1 Å². The summed E-state index contributed by atoms with van der Waals surface area (Å²) in [6, 6.07) is 9.53. The Hall–Kier alpha value is -1.74. The average Bonchev–Trinajstić information content (AvgIpc) is 2.28. The number of benzene rings is 1. The molecule has 0 spiro atoms. The Balaban J connectivity index is 2.35. The number of hydrogen-bond acceptors (Lipinski definition) is 3. The van der Waals surface area contributed by atoms with Crippen LogP contribution in [0.3, 0.4) is 0 Å². The lowest BCUT2D eigenvalue weighted by Crippen LogP contribution is -2.04. The second-order valence-corrected chi connectivity index (χ2v) is 3.85. The van der Waals surface area contributed by atoms with Crippen molar-refractivity contribution in [2.75, 3.05) is 0 Å². The molecule has 3 nitrogen and oxygen atoms in total. The third-order valence-corrected chi connectivity index (χ3v) is 2.44. The molecule has 0 radical (unpaired) electrons. The molecule has 0 aliphatic heterocycles. The Labute approximate surface area is 94.8 Å². The predicted octanol–water partition coefficient (Wildman–Crippen LogP) is 2.18. The third kappa shape index (κ3) is 2.25. The van der Waals surface area contributed by atoms with Crippen LogP contribution in [0.1, 0.15) is 28.7 Å². The van der Waals surface area contributed by atoms with Gasteiger partial charge < -0.3 is 5.11 Å². The Bertz CT molecular complexity index is 451. The van der Waals surface area contributed by atoms with E-state index in [9.17, 15) is 5.11 Å². The van der Waals surface area contributed by atoms with Crippen molar-refractivity contribution < 1.29 is 5.11 Å². The smallest absolute Gasteiger partial charge is 0.125 e. The number of hydrogen-bond donors (Lipinski definition) is 1. The standard InChI is InChI=1S/C13H14N2O/c1-9-4-3-5-11(8-9)13(16)12-6-7-14-10(2)15-12/h3-8,13,16H,1-2H3. The van der Waals surface area contributed by atoms with Crippen molar-refractivity contribution in [2.24, 2.45) is 0 Å². The quantitative estimate of drug-likeness (QED) is 0.833. The van der Waals surface area contributed by atoms with Gasteiger partial charge in [0.05, 0.1) is 5.69 Å². The van der Waals surface area contributed by atoms with E-state index in [1.807, 2.05) is 38.1 Å². The number of aryl methyl sites for hydroxylation is 2. The zero-order valence-electron chi connectivity index (χ0n) is 9.38. The van der Waals surface area contributed by atoms with E-state index in [1.54, 1.807) is 12.3 Å². The van der Waals surface area contributed by atoms with Gasteiger partial charge in [0.2, 0.25) is 0 Å². The highest BCUT2D eigenvalue weighted by Gasteiger charge is 2.11. The Morgan fingerprint density at radius 3 is 2.69 bits per heavy atom. The maximum Gasteiger partial charge on any atom is 0.125 e. The second kappa shape index (κ2) is 4.41. The number of aliphatic hydroxyl groups excluding tert-OH is 1. The van der Waals surface area contributed by atoms with Crippen LogP contribution in [0.15, 0.2) is 36.5 Å². The van der Waals surface area contributed by atoms with Crippen LogP contribution in [-0.4, -0.2) is 15.1 Å². The minimum Gasteiger partial charge on any atom is -0.382 e. The topological polar surface area (TPSA) is 46.0 Å². The van der Waals surface area contributed by atoms with Gasteiger partial charge in [-0.25, -0.2) is 9.97 Å². The van der Waals surface area contributed by atoms with Gasteiger partial charge in [-0.2, -0.15) is 0 Å². The van der Waals surface area contributed by atoms with Crippen molar-refractivity contribution >= 4 is 0 Å². The lowest BCUT2D eigenvalue weighted by atomic mass is 10.0. The summed E-state index contributed by atoms with van der Waals surface area (Å²) in [7, 11) is 0. The summed E-state index contributed by atoms with van der Waals surface area (Å²) in [4.78, 5) is 8.23. The molecule has 0 aliphatic rings. The molecule has 0 fully saturated rings. The van der Waals surface area contributed by atoms with Gasteiger partial charge in [0.1, 0.15) is 11.9 Å². The van der Waals surface area contributed by atoms with E-state index in [0.29, 0.717) is 11.5 Å². The Morgan fingerprint density at radius 1 is 1.19 bits per heavy atom. The normalized spacial score (nSPS) is 12.4. The molecule has 2 rings (SSSR count). The molecule has 1 aromatic heterocycles. The second-order valence-electron chi connectivity index (χ2n) is 3.85. The molecule has 2 aromatic rings. The molecule has 0 amide bonds. The Kier molecular flexibility index (Phi) is 2.97. The molecule has 1 N–H and O–H groups in total. The van der Waals surface area contributed by atoms with E-state index >= 15 is 0 Å². The van der Waals surface area contributed by atoms with Gasteiger partial charge >= 0.3 is 0 Å². The predicted molar refractivity (Wildman–Crippen MR) is 62.0 cm³/mol. The first kappa shape index (κ1) is 10.8. The van der Waals surface area contributed by atoms with E-state index in [4.69, 9.17) is 0 Å². The molecule has 0 saturated carbocycles. The summed E-state index contributed by atoms with van der Waals surface area (Å²) in [6.45, 7) is 3.81. The largest absolute Gasteiger partial charge is 0.382 e. The van der Waals surface area contributed by atoms with E-state index in [1.165, 1.54) is 0 Å². The van der Waals surface area contributed by atoms with Gasteiger partial charge in [-0.05, 0) is 25.5 Å². The molecule has 0 aliphatic carbocycles. The number of aromatic nitrogens is 2. The van der Waals surface area contributed by atoms with Crippen molar-refractivity contribution in [2.45, 2.75) is 20.0 Å². The zero-order valence-corrected chi connectivity index (χ0v) is 9.38. The molecular weight excluding hydrogens is 200 g/mol. The van der Waals surface area contributed by atoms with Gasteiger partial charge in [0.25, 0.3) is 0 Å². The SMILES string of the molecule is Cc1cccc(C(O)c2ccnc(C)n2)c1. The summed E-state index contributed by atoms with van der Waals surface area (Å²) < 4.78 is 0. The fourth-order valence-electron chi connectivity index (χ4n) is 1.64. The first-order valence-corrected chi connectivity index (χ1v) is 5.21. The maximum atomic E-state index is 10.2. The summed E-state index contributed by atoms with van der Waals surface area (Å²) in [6.07, 6.45) is 0.984. The van der Waals surface area contributed by atoms with Crippen LogP contribution in [0.2, 0.25) is 0 Å². The van der Waals surface area contributed by atoms with Crippen LogP contribution < -0.4 is 0 Å². The molecule has 3 heteroatoms. The molecule has 16 heavy (non-hydrogen) atoms. The van der Waals surface area contributed by atoms with Crippen LogP contribution in [0.5, 0.6) is 0 Å². The summed E-state index contributed by atoms with van der Waals surface area (Å²) in [5.41, 5.74) is 2.62. The van der Waals surface area contributed by atoms with E-state index in [2.05, 4.69) is 9.97 Å². The molecular formula is C13H14N2O. The monoisotopic (exact) mass is 214 g/mol. The molecule has 1 heterocycles. The molecule has 82 valence electrons. The number of nitrogens with zero attached hydrogens (tertiary/aromatic N) is 2. The highest BCUT2D eigenvalue weighted by Crippen LogP contribution is 2.20. The van der Waals surface area contributed by atoms with Gasteiger partial charge in [-0.1, -0.05) is 29.8 Å². The van der Waals surface area contributed by atoms with Crippen LogP contribution in [-0.2, 0) is 0 Å². The first-order chi connectivity index (χ1) is 7.66. The molecule has 0 bridgehead atoms. The molecule has 1 unspecified atom stereocenters. The minimum absolute atomic E-state index is 0.637. The molecule has 1 aromatic carbocycles. The van der Waals surface area contributed by atoms with Crippen LogP contribution in [0.4, 0.5) is 0 Å². The Morgan fingerprint density at radius 2 is 2.00 bits per heavy atom. The third-order valence-electron chi connectivity index (χ3n) is 2.44. The van der Waals surface area contributed by atoms with Crippen molar-refractivity contribution in [1.82, 2.24) is 9.97 Å². The summed E-state index contributed by atoms with van der Waals surface area (Å²) in [5.74, 6) is 0.671. The first-order valence-electron chi connectivity index (χ1n) is 5.21. The highest BCUT2D eigenvalue weighted by molar-refractivity contribution is 5.28. The van der Waals surface area contributed by atoms with Crippen molar-refractivity contribution in [3.05, 3.63) is 59.2 Å². The fourth-order valence-corrected chi connectivity index (χ4v) is 1.64. The summed E-state index contributed by atoms with van der Waals surface area (Å²) in [5, 5.41) is 10.2. The lowest BCUT2D eigenvalue weighted by molar-refractivity contribution is 0.215. The van der Waals surface area contributed by atoms with E-state index in [-0.39, 0.29) is 0 Å². The maximum absolute atomic E-state index is 10.2. The van der Waals surface area contributed by atoms with Crippen LogP contribution in [0.25, 0.3) is 0 Å². The van der Waals surface area contributed by atoms with Gasteiger partial charge in [-0.3, -0.25) is 0 Å². The highest BCUT2D eigenvalue weighted by atomic mass is 16.3. The van der Waals surface area contributed by atoms with Crippen LogP contribution >= 0.6 is 0 Å².